The van der Waals surface area contributed by atoms with Crippen molar-refractivity contribution in [2.45, 2.75) is 36.3 Å². The summed E-state index contributed by atoms with van der Waals surface area (Å²) in [4.78, 5) is 13.0. The highest BCUT2D eigenvalue weighted by Crippen LogP contribution is 2.29. The van der Waals surface area contributed by atoms with Crippen molar-refractivity contribution in [3.8, 4) is 0 Å². The van der Waals surface area contributed by atoms with Crippen LogP contribution < -0.4 is 5.56 Å². The molecule has 0 bridgehead atoms. The molecule has 0 fully saturated rings. The number of nitrogens with zero attached hydrogens (tertiary/aromatic N) is 4. The van der Waals surface area contributed by atoms with E-state index < -0.39 is 0 Å². The fourth-order valence-electron chi connectivity index (χ4n) is 2.00. The minimum Gasteiger partial charge on any atom is -0.265 e. The zero-order valence-corrected chi connectivity index (χ0v) is 16.4. The number of thioether (sulfide) groups is 1. The topological polar surface area (TPSA) is 60.1 Å². The third-order valence-corrected chi connectivity index (χ3v) is 6.07. The lowest BCUT2D eigenvalue weighted by Gasteiger charge is -2.14. The molecule has 24 heavy (non-hydrogen) atoms. The van der Waals surface area contributed by atoms with E-state index in [0.717, 1.165) is 9.90 Å². The molecule has 0 spiro atoms. The standard InChI is InChI=1S/C15H14Cl2N4OS2/c1-15(2,3)11-12(22)21-13(19-18-11)24-14(20-21)23-7-8-4-5-9(16)10(17)6-8/h4-6H,7H2,1-3H3. The largest absolute Gasteiger partial charge is 0.297 e. The van der Waals surface area contributed by atoms with Gasteiger partial charge in [0, 0.05) is 11.2 Å². The second-order valence-electron chi connectivity index (χ2n) is 6.20. The van der Waals surface area contributed by atoms with Crippen molar-refractivity contribution in [1.82, 2.24) is 19.8 Å². The second kappa shape index (κ2) is 6.63. The Morgan fingerprint density at radius 1 is 1.21 bits per heavy atom. The Morgan fingerprint density at radius 2 is 1.96 bits per heavy atom. The van der Waals surface area contributed by atoms with Gasteiger partial charge in [-0.2, -0.15) is 4.52 Å². The maximum Gasteiger partial charge on any atom is 0.297 e. The number of benzene rings is 1. The maximum absolute atomic E-state index is 12.5. The predicted molar refractivity (Wildman–Crippen MR) is 99.7 cm³/mol. The molecule has 0 atom stereocenters. The maximum atomic E-state index is 12.5. The molecule has 3 rings (SSSR count). The van der Waals surface area contributed by atoms with Crippen LogP contribution in [0.5, 0.6) is 0 Å². The van der Waals surface area contributed by atoms with Gasteiger partial charge in [0.2, 0.25) is 4.96 Å². The third-order valence-electron chi connectivity index (χ3n) is 3.23. The van der Waals surface area contributed by atoms with Gasteiger partial charge in [0.05, 0.1) is 10.0 Å². The van der Waals surface area contributed by atoms with E-state index in [1.54, 1.807) is 6.07 Å². The van der Waals surface area contributed by atoms with Crippen LogP contribution in [-0.2, 0) is 11.2 Å². The predicted octanol–water partition coefficient (Wildman–Crippen LogP) is 4.44. The molecule has 0 radical (unpaired) electrons. The van der Waals surface area contributed by atoms with E-state index in [9.17, 15) is 4.79 Å². The van der Waals surface area contributed by atoms with E-state index >= 15 is 0 Å². The first-order chi connectivity index (χ1) is 11.3. The molecule has 126 valence electrons. The van der Waals surface area contributed by atoms with E-state index in [0.29, 0.717) is 26.5 Å². The average Bonchev–Trinajstić information content (AvgIpc) is 2.91. The van der Waals surface area contributed by atoms with Crippen LogP contribution in [0.25, 0.3) is 4.96 Å². The Labute approximate surface area is 157 Å². The number of hydrogen-bond donors (Lipinski definition) is 0. The Balaban J connectivity index is 1.87. The van der Waals surface area contributed by atoms with Crippen molar-refractivity contribution < 1.29 is 0 Å². The molecule has 3 aromatic rings. The minimum absolute atomic E-state index is 0.217. The van der Waals surface area contributed by atoms with Crippen LogP contribution in [-0.4, -0.2) is 19.8 Å². The molecule has 0 aliphatic heterocycles. The van der Waals surface area contributed by atoms with Gasteiger partial charge in [-0.25, -0.2) is 0 Å². The molecule has 0 amide bonds. The molecule has 2 aromatic heterocycles. The lowest BCUT2D eigenvalue weighted by atomic mass is 9.93. The van der Waals surface area contributed by atoms with Crippen molar-refractivity contribution in [2.75, 3.05) is 0 Å². The Kier molecular flexibility index (Phi) is 4.88. The van der Waals surface area contributed by atoms with Gasteiger partial charge in [-0.3, -0.25) is 4.79 Å². The number of hydrogen-bond acceptors (Lipinski definition) is 6. The van der Waals surface area contributed by atoms with Crippen LogP contribution in [0.4, 0.5) is 0 Å². The van der Waals surface area contributed by atoms with Gasteiger partial charge in [-0.15, -0.1) is 15.3 Å². The number of halogens is 2. The van der Waals surface area contributed by atoms with Crippen LogP contribution in [0.1, 0.15) is 32.0 Å². The Bertz CT molecular complexity index is 962. The highest BCUT2D eigenvalue weighted by Gasteiger charge is 2.23. The summed E-state index contributed by atoms with van der Waals surface area (Å²) in [5.41, 5.74) is 0.848. The summed E-state index contributed by atoms with van der Waals surface area (Å²) >= 11 is 14.8. The first-order valence-corrected chi connectivity index (χ1v) is 9.65. The summed E-state index contributed by atoms with van der Waals surface area (Å²) in [5, 5.41) is 13.6. The smallest absolute Gasteiger partial charge is 0.265 e. The third kappa shape index (κ3) is 3.59. The zero-order chi connectivity index (χ0) is 17.5. The highest BCUT2D eigenvalue weighted by atomic mass is 35.5. The summed E-state index contributed by atoms with van der Waals surface area (Å²) < 4.78 is 2.08. The fourth-order valence-corrected chi connectivity index (χ4v) is 4.14. The van der Waals surface area contributed by atoms with Crippen LogP contribution in [0.15, 0.2) is 27.3 Å². The molecule has 0 unspecified atom stereocenters. The molecule has 1 aromatic carbocycles. The van der Waals surface area contributed by atoms with E-state index in [1.807, 2.05) is 32.9 Å². The average molecular weight is 401 g/mol. The molecule has 0 aliphatic carbocycles. The van der Waals surface area contributed by atoms with E-state index in [-0.39, 0.29) is 11.0 Å². The first-order valence-electron chi connectivity index (χ1n) is 7.09. The molecule has 0 aliphatic rings. The van der Waals surface area contributed by atoms with Gasteiger partial charge in [0.1, 0.15) is 5.69 Å². The molecular formula is C15H14Cl2N4OS2. The second-order valence-corrected chi connectivity index (χ2v) is 9.20. The summed E-state index contributed by atoms with van der Waals surface area (Å²) in [5.74, 6) is 0.672. The van der Waals surface area contributed by atoms with Gasteiger partial charge in [0.15, 0.2) is 4.34 Å². The van der Waals surface area contributed by atoms with Crippen molar-refractivity contribution in [2.24, 2.45) is 0 Å². The van der Waals surface area contributed by atoms with Gasteiger partial charge in [0.25, 0.3) is 5.56 Å². The molecule has 2 heterocycles. The van der Waals surface area contributed by atoms with Crippen molar-refractivity contribution in [3.63, 3.8) is 0 Å². The highest BCUT2D eigenvalue weighted by molar-refractivity contribution is 8.00. The first kappa shape index (κ1) is 17.7. The zero-order valence-electron chi connectivity index (χ0n) is 13.2. The lowest BCUT2D eigenvalue weighted by molar-refractivity contribution is 0.541. The number of aromatic nitrogens is 4. The van der Waals surface area contributed by atoms with Gasteiger partial charge >= 0.3 is 0 Å². The molecular weight excluding hydrogens is 387 g/mol. The Morgan fingerprint density at radius 3 is 2.62 bits per heavy atom. The quantitative estimate of drug-likeness (QED) is 0.607. The fraction of sp³-hybridized carbons (Fsp3) is 0.333. The van der Waals surface area contributed by atoms with Gasteiger partial charge in [-0.1, -0.05) is 73.1 Å². The monoisotopic (exact) mass is 400 g/mol. The molecule has 5 nitrogen and oxygen atoms in total. The molecule has 0 saturated heterocycles. The SMILES string of the molecule is CC(C)(C)c1nnc2sc(SCc3ccc(Cl)c(Cl)c3)nn2c1=O. The van der Waals surface area contributed by atoms with Crippen molar-refractivity contribution >= 4 is 51.3 Å². The van der Waals surface area contributed by atoms with Crippen LogP contribution in [0, 0.1) is 0 Å². The minimum atomic E-state index is -0.373. The lowest BCUT2D eigenvalue weighted by Crippen LogP contribution is -2.30. The summed E-state index contributed by atoms with van der Waals surface area (Å²) in [6.45, 7) is 5.78. The van der Waals surface area contributed by atoms with E-state index in [2.05, 4.69) is 15.3 Å². The molecule has 0 N–H and O–H groups in total. The van der Waals surface area contributed by atoms with Crippen LogP contribution in [0.3, 0.4) is 0 Å². The number of rotatable bonds is 3. The molecule has 0 saturated carbocycles. The van der Waals surface area contributed by atoms with Gasteiger partial charge < -0.3 is 0 Å². The van der Waals surface area contributed by atoms with Crippen molar-refractivity contribution in [1.29, 1.82) is 0 Å². The van der Waals surface area contributed by atoms with Crippen molar-refractivity contribution in [3.05, 3.63) is 49.9 Å². The van der Waals surface area contributed by atoms with Gasteiger partial charge in [-0.05, 0) is 17.7 Å². The molecule has 9 heteroatoms. The normalized spacial score (nSPS) is 12.0. The van der Waals surface area contributed by atoms with Crippen LogP contribution >= 0.6 is 46.3 Å². The Hall–Kier alpha value is -1.15. The van der Waals surface area contributed by atoms with Crippen LogP contribution in [0.2, 0.25) is 10.0 Å². The van der Waals surface area contributed by atoms with E-state index in [4.69, 9.17) is 23.2 Å². The summed E-state index contributed by atoms with van der Waals surface area (Å²) in [6.07, 6.45) is 0. The number of fused-ring (bicyclic) bond motifs is 1. The summed E-state index contributed by atoms with van der Waals surface area (Å²) in [6, 6.07) is 5.51. The van der Waals surface area contributed by atoms with E-state index in [1.165, 1.54) is 27.6 Å². The summed E-state index contributed by atoms with van der Waals surface area (Å²) in [7, 11) is 0.